The molecule has 0 spiro atoms. The van der Waals surface area contributed by atoms with Gasteiger partial charge in [-0.1, -0.05) is 29.8 Å². The molecule has 0 unspecified atom stereocenters. The summed E-state index contributed by atoms with van der Waals surface area (Å²) in [6, 6.07) is 11.6. The molecule has 1 heterocycles. The number of benzene rings is 2. The molecule has 0 saturated carbocycles. The van der Waals surface area contributed by atoms with Crippen LogP contribution in [0.4, 0.5) is 23.1 Å². The van der Waals surface area contributed by atoms with Crippen LogP contribution in [0.2, 0.25) is 5.02 Å². The van der Waals surface area contributed by atoms with Crippen molar-refractivity contribution in [1.29, 1.82) is 0 Å². The summed E-state index contributed by atoms with van der Waals surface area (Å²) in [5.41, 5.74) is 1.50. The summed E-state index contributed by atoms with van der Waals surface area (Å²) in [6.07, 6.45) is 1.43. The normalized spacial score (nSPS) is 11.3. The Morgan fingerprint density at radius 2 is 1.89 bits per heavy atom. The van der Waals surface area contributed by atoms with Crippen molar-refractivity contribution in [2.24, 2.45) is 0 Å². The number of halogens is 1. The summed E-state index contributed by atoms with van der Waals surface area (Å²) in [7, 11) is -2.06. The summed E-state index contributed by atoms with van der Waals surface area (Å²) in [6.45, 7) is 2.78. The van der Waals surface area contributed by atoms with Crippen LogP contribution < -0.4 is 20.7 Å². The van der Waals surface area contributed by atoms with Crippen molar-refractivity contribution in [3.63, 3.8) is 0 Å². The van der Waals surface area contributed by atoms with Gasteiger partial charge in [0.2, 0.25) is 11.9 Å². The highest BCUT2D eigenvalue weighted by Crippen LogP contribution is 2.32. The fourth-order valence-corrected chi connectivity index (χ4v) is 4.47. The molecule has 0 aliphatic heterocycles. The first-order valence-corrected chi connectivity index (χ1v) is 12.5. The third-order valence-corrected chi connectivity index (χ3v) is 7.45. The van der Waals surface area contributed by atoms with E-state index in [1.54, 1.807) is 50.2 Å². The van der Waals surface area contributed by atoms with Crippen molar-refractivity contribution in [3.8, 4) is 5.75 Å². The molecule has 1 aromatic heterocycles. The van der Waals surface area contributed by atoms with Gasteiger partial charge in [-0.25, -0.2) is 13.4 Å². The average molecular weight is 520 g/mol. The van der Waals surface area contributed by atoms with Crippen LogP contribution in [0.25, 0.3) is 0 Å². The Kier molecular flexibility index (Phi) is 8.49. The van der Waals surface area contributed by atoms with Crippen LogP contribution in [-0.2, 0) is 21.1 Å². The number of sulfone groups is 1. The number of anilines is 4. The number of nitrogens with zero attached hydrogens (tertiary/aromatic N) is 2. The summed E-state index contributed by atoms with van der Waals surface area (Å²) in [5, 5.41) is 16.8. The van der Waals surface area contributed by atoms with E-state index in [-0.39, 0.29) is 34.0 Å². The first-order chi connectivity index (χ1) is 16.6. The lowest BCUT2D eigenvalue weighted by Crippen LogP contribution is -2.25. The van der Waals surface area contributed by atoms with Gasteiger partial charge in [0.1, 0.15) is 17.5 Å². The van der Waals surface area contributed by atoms with E-state index < -0.39 is 21.8 Å². The summed E-state index contributed by atoms with van der Waals surface area (Å²) in [4.78, 5) is 20.5. The Balaban J connectivity index is 1.91. The van der Waals surface area contributed by atoms with Gasteiger partial charge in [-0.15, -0.1) is 0 Å². The van der Waals surface area contributed by atoms with Crippen molar-refractivity contribution >= 4 is 50.5 Å². The van der Waals surface area contributed by atoms with Gasteiger partial charge < -0.3 is 25.8 Å². The molecule has 35 heavy (non-hydrogen) atoms. The minimum absolute atomic E-state index is 0.0502. The zero-order valence-electron chi connectivity index (χ0n) is 19.4. The van der Waals surface area contributed by atoms with Crippen molar-refractivity contribution in [1.82, 2.24) is 15.3 Å². The highest BCUT2D eigenvalue weighted by Gasteiger charge is 2.23. The number of aliphatic hydroxyl groups excluding tert-OH is 1. The minimum Gasteiger partial charge on any atom is -0.495 e. The van der Waals surface area contributed by atoms with E-state index in [0.29, 0.717) is 22.7 Å². The second kappa shape index (κ2) is 11.3. The van der Waals surface area contributed by atoms with Crippen molar-refractivity contribution < 1.29 is 23.1 Å². The topological polar surface area (TPSA) is 143 Å². The second-order valence-corrected chi connectivity index (χ2v) is 10.6. The molecule has 0 radical (unpaired) electrons. The first kappa shape index (κ1) is 26.2. The molecule has 4 N–H and O–H groups in total. The fourth-order valence-electron chi connectivity index (χ4n) is 3.13. The number of carbonyl (C=O) groups excluding carboxylic acids is 1. The number of rotatable bonds is 10. The first-order valence-electron chi connectivity index (χ1n) is 10.6. The standard InChI is InChI=1S/C23H26ClN5O5S/c1-14(2)35(32,33)20-7-5-4-6-17(20)27-22-16(24)12-25-23(29-22)28-18-10-15(8-9-19(18)34-3)11-21(31)26-13-30/h4-10,12,14,30H,11,13H2,1-3H3,(H,26,31)(H2,25,27,28,29). The highest BCUT2D eigenvalue weighted by atomic mass is 35.5. The molecular weight excluding hydrogens is 494 g/mol. The lowest BCUT2D eigenvalue weighted by molar-refractivity contribution is -0.121. The Labute approximate surface area is 208 Å². The van der Waals surface area contributed by atoms with E-state index in [9.17, 15) is 13.2 Å². The number of ether oxygens (including phenoxy) is 1. The molecule has 186 valence electrons. The van der Waals surface area contributed by atoms with E-state index in [4.69, 9.17) is 21.4 Å². The van der Waals surface area contributed by atoms with Gasteiger partial charge in [0.05, 0.1) is 41.2 Å². The van der Waals surface area contributed by atoms with E-state index in [0.717, 1.165) is 0 Å². The van der Waals surface area contributed by atoms with Crippen LogP contribution in [0.5, 0.6) is 5.75 Å². The predicted molar refractivity (Wildman–Crippen MR) is 134 cm³/mol. The number of methoxy groups -OCH3 is 1. The summed E-state index contributed by atoms with van der Waals surface area (Å²) >= 11 is 6.29. The number of para-hydroxylation sites is 1. The van der Waals surface area contributed by atoms with E-state index in [1.165, 1.54) is 19.4 Å². The number of hydrogen-bond acceptors (Lipinski definition) is 9. The third-order valence-electron chi connectivity index (χ3n) is 4.96. The quantitative estimate of drug-likeness (QED) is 0.296. The molecular formula is C23H26ClN5O5S. The van der Waals surface area contributed by atoms with Crippen LogP contribution >= 0.6 is 11.6 Å². The van der Waals surface area contributed by atoms with Crippen molar-refractivity contribution in [3.05, 3.63) is 59.2 Å². The molecule has 3 aromatic rings. The molecule has 0 aliphatic carbocycles. The van der Waals surface area contributed by atoms with Gasteiger partial charge >= 0.3 is 0 Å². The Hall–Kier alpha value is -3.41. The lowest BCUT2D eigenvalue weighted by Gasteiger charge is -2.16. The van der Waals surface area contributed by atoms with E-state index in [2.05, 4.69) is 25.9 Å². The van der Waals surface area contributed by atoms with Gasteiger partial charge in [0, 0.05) is 0 Å². The monoisotopic (exact) mass is 519 g/mol. The fraction of sp³-hybridized carbons (Fsp3) is 0.261. The molecule has 1 amide bonds. The van der Waals surface area contributed by atoms with Gasteiger partial charge in [-0.3, -0.25) is 4.79 Å². The van der Waals surface area contributed by atoms with Crippen molar-refractivity contribution in [2.45, 2.75) is 30.4 Å². The average Bonchev–Trinajstić information content (AvgIpc) is 2.82. The molecule has 0 atom stereocenters. The highest BCUT2D eigenvalue weighted by molar-refractivity contribution is 7.92. The molecule has 12 heteroatoms. The van der Waals surface area contributed by atoms with Gasteiger partial charge in [0.25, 0.3) is 0 Å². The zero-order valence-corrected chi connectivity index (χ0v) is 20.9. The number of nitrogens with one attached hydrogen (secondary N) is 3. The second-order valence-electron chi connectivity index (χ2n) is 7.70. The number of aliphatic hydroxyl groups is 1. The maximum atomic E-state index is 12.8. The van der Waals surface area contributed by atoms with E-state index >= 15 is 0 Å². The zero-order chi connectivity index (χ0) is 25.6. The third kappa shape index (κ3) is 6.38. The minimum atomic E-state index is -3.56. The Bertz CT molecular complexity index is 1320. The molecule has 0 bridgehead atoms. The number of carbonyl (C=O) groups is 1. The molecule has 0 aliphatic rings. The Morgan fingerprint density at radius 3 is 2.57 bits per heavy atom. The molecule has 0 saturated heterocycles. The summed E-state index contributed by atoms with van der Waals surface area (Å²) < 4.78 is 30.9. The molecule has 2 aromatic carbocycles. The maximum Gasteiger partial charge on any atom is 0.229 e. The smallest absolute Gasteiger partial charge is 0.229 e. The van der Waals surface area contributed by atoms with Gasteiger partial charge in [-0.2, -0.15) is 4.98 Å². The van der Waals surface area contributed by atoms with Crippen molar-refractivity contribution in [2.75, 3.05) is 24.5 Å². The van der Waals surface area contributed by atoms with Crippen LogP contribution in [-0.4, -0.2) is 48.5 Å². The van der Waals surface area contributed by atoms with Gasteiger partial charge in [0.15, 0.2) is 15.7 Å². The molecule has 10 nitrogen and oxygen atoms in total. The molecule has 0 fully saturated rings. The SMILES string of the molecule is COc1ccc(CC(=O)NCO)cc1Nc1ncc(Cl)c(Nc2ccccc2S(=O)(=O)C(C)C)n1. The van der Waals surface area contributed by atoms with Crippen LogP contribution in [0, 0.1) is 0 Å². The largest absolute Gasteiger partial charge is 0.495 e. The van der Waals surface area contributed by atoms with E-state index in [1.807, 2.05) is 0 Å². The van der Waals surface area contributed by atoms with Gasteiger partial charge in [-0.05, 0) is 43.7 Å². The number of hydrogen-bond donors (Lipinski definition) is 4. The maximum absolute atomic E-state index is 12.8. The lowest BCUT2D eigenvalue weighted by atomic mass is 10.1. The number of amides is 1. The molecule has 3 rings (SSSR count). The van der Waals surface area contributed by atoms with Crippen LogP contribution in [0.15, 0.2) is 53.6 Å². The summed E-state index contributed by atoms with van der Waals surface area (Å²) in [5.74, 6) is 0.509. The van der Waals surface area contributed by atoms with Crippen LogP contribution in [0.1, 0.15) is 19.4 Å². The van der Waals surface area contributed by atoms with Crippen LogP contribution in [0.3, 0.4) is 0 Å². The predicted octanol–water partition coefficient (Wildman–Crippen LogP) is 3.42. The number of aromatic nitrogens is 2. The Morgan fingerprint density at radius 1 is 1.14 bits per heavy atom.